The SMILES string of the molecule is CC(C)OC(=O)[C@H](C)NP(=O)(Oc1ccccc1)OC1CCCCO1. The van der Waals surface area contributed by atoms with Gasteiger partial charge in [0.1, 0.15) is 11.8 Å². The van der Waals surface area contributed by atoms with E-state index < -0.39 is 26.0 Å². The molecule has 3 atom stereocenters. The Balaban J connectivity index is 2.09. The molecule has 1 saturated heterocycles. The number of esters is 1. The maximum Gasteiger partial charge on any atom is 0.461 e. The molecule has 1 aromatic rings. The van der Waals surface area contributed by atoms with Crippen LogP contribution in [0.2, 0.25) is 0 Å². The van der Waals surface area contributed by atoms with Crippen LogP contribution in [0.3, 0.4) is 0 Å². The van der Waals surface area contributed by atoms with Crippen LogP contribution >= 0.6 is 7.75 Å². The summed E-state index contributed by atoms with van der Waals surface area (Å²) in [5.41, 5.74) is 0. The average molecular weight is 371 g/mol. The first-order chi connectivity index (χ1) is 11.9. The van der Waals surface area contributed by atoms with E-state index in [0.29, 0.717) is 18.8 Å². The van der Waals surface area contributed by atoms with Gasteiger partial charge in [-0.2, -0.15) is 5.09 Å². The fraction of sp³-hybridized carbons (Fsp3) is 0.588. The van der Waals surface area contributed by atoms with Crippen LogP contribution in [0.15, 0.2) is 30.3 Å². The van der Waals surface area contributed by atoms with Crippen molar-refractivity contribution in [3.8, 4) is 5.75 Å². The number of benzene rings is 1. The van der Waals surface area contributed by atoms with E-state index in [9.17, 15) is 9.36 Å². The van der Waals surface area contributed by atoms with E-state index in [1.807, 2.05) is 6.07 Å². The molecule has 0 amide bonds. The topological polar surface area (TPSA) is 83.1 Å². The molecule has 0 bridgehead atoms. The van der Waals surface area contributed by atoms with Crippen molar-refractivity contribution in [3.63, 3.8) is 0 Å². The second-order valence-corrected chi connectivity index (χ2v) is 7.79. The second-order valence-electron chi connectivity index (χ2n) is 6.14. The van der Waals surface area contributed by atoms with Crippen LogP contribution in [-0.4, -0.2) is 31.0 Å². The fourth-order valence-electron chi connectivity index (χ4n) is 2.27. The predicted octanol–water partition coefficient (Wildman–Crippen LogP) is 3.65. The van der Waals surface area contributed by atoms with Crippen LogP contribution < -0.4 is 9.61 Å². The van der Waals surface area contributed by atoms with Crippen LogP contribution in [0.5, 0.6) is 5.75 Å². The monoisotopic (exact) mass is 371 g/mol. The third-order valence-electron chi connectivity index (χ3n) is 3.42. The van der Waals surface area contributed by atoms with E-state index in [4.69, 9.17) is 18.5 Å². The molecule has 1 fully saturated rings. The summed E-state index contributed by atoms with van der Waals surface area (Å²) in [6, 6.07) is 7.80. The van der Waals surface area contributed by atoms with Crippen molar-refractivity contribution in [1.29, 1.82) is 0 Å². The van der Waals surface area contributed by atoms with Crippen LogP contribution in [0, 0.1) is 0 Å². The lowest BCUT2D eigenvalue weighted by atomic mass is 10.2. The summed E-state index contributed by atoms with van der Waals surface area (Å²) in [6.07, 6.45) is 1.57. The van der Waals surface area contributed by atoms with Crippen LogP contribution in [0.1, 0.15) is 40.0 Å². The molecular formula is C17H26NO6P. The molecule has 140 valence electrons. The summed E-state index contributed by atoms with van der Waals surface area (Å²) in [7, 11) is -3.84. The van der Waals surface area contributed by atoms with Crippen molar-refractivity contribution in [1.82, 2.24) is 5.09 Å². The molecule has 1 heterocycles. The van der Waals surface area contributed by atoms with E-state index in [2.05, 4.69) is 5.09 Å². The van der Waals surface area contributed by atoms with Crippen molar-refractivity contribution in [2.45, 2.75) is 58.5 Å². The Morgan fingerprint density at radius 3 is 2.56 bits per heavy atom. The third kappa shape index (κ3) is 6.78. The van der Waals surface area contributed by atoms with Gasteiger partial charge in [-0.15, -0.1) is 0 Å². The minimum Gasteiger partial charge on any atom is -0.462 e. The van der Waals surface area contributed by atoms with Crippen molar-refractivity contribution in [2.75, 3.05) is 6.61 Å². The first kappa shape index (κ1) is 19.9. The number of nitrogens with one attached hydrogen (secondary N) is 1. The van der Waals surface area contributed by atoms with E-state index >= 15 is 0 Å². The molecule has 0 aliphatic carbocycles. The van der Waals surface area contributed by atoms with Crippen LogP contribution in [0.4, 0.5) is 0 Å². The number of carbonyl (C=O) groups is 1. The number of hydrogen-bond donors (Lipinski definition) is 1. The quantitative estimate of drug-likeness (QED) is 0.552. The van der Waals surface area contributed by atoms with Crippen LogP contribution in [-0.2, 0) is 23.4 Å². The lowest BCUT2D eigenvalue weighted by Crippen LogP contribution is -2.37. The van der Waals surface area contributed by atoms with Crippen LogP contribution in [0.25, 0.3) is 0 Å². The summed E-state index contributed by atoms with van der Waals surface area (Å²) in [5.74, 6) is -0.154. The Morgan fingerprint density at radius 2 is 1.96 bits per heavy atom. The van der Waals surface area contributed by atoms with Crippen molar-refractivity contribution >= 4 is 13.7 Å². The smallest absolute Gasteiger partial charge is 0.461 e. The standard InChI is InChI=1S/C17H26NO6P/c1-13(2)22-17(19)14(3)18-25(20,23-15-9-5-4-6-10-15)24-16-11-7-8-12-21-16/h4-6,9-10,13-14,16H,7-8,11-12H2,1-3H3,(H,18,20)/t14-,16?,25?/m0/s1. The molecule has 2 rings (SSSR count). The molecule has 8 heteroatoms. The lowest BCUT2D eigenvalue weighted by molar-refractivity contribution is -0.149. The van der Waals surface area contributed by atoms with Gasteiger partial charge in [0.15, 0.2) is 6.29 Å². The highest BCUT2D eigenvalue weighted by molar-refractivity contribution is 7.52. The fourth-order valence-corrected chi connectivity index (χ4v) is 3.88. The van der Waals surface area contributed by atoms with Gasteiger partial charge >= 0.3 is 13.7 Å². The van der Waals surface area contributed by atoms with Gasteiger partial charge in [-0.1, -0.05) is 18.2 Å². The highest BCUT2D eigenvalue weighted by Crippen LogP contribution is 2.47. The highest BCUT2D eigenvalue weighted by atomic mass is 31.2. The molecule has 0 radical (unpaired) electrons. The largest absolute Gasteiger partial charge is 0.462 e. The number of rotatable bonds is 8. The van der Waals surface area contributed by atoms with Crippen molar-refractivity contribution < 1.29 is 27.9 Å². The molecule has 7 nitrogen and oxygen atoms in total. The minimum absolute atomic E-state index is 0.270. The van der Waals surface area contributed by atoms with Gasteiger partial charge in [-0.25, -0.2) is 4.57 Å². The summed E-state index contributed by atoms with van der Waals surface area (Å²) in [5, 5.41) is 2.65. The Hall–Kier alpha value is -1.40. The highest BCUT2D eigenvalue weighted by Gasteiger charge is 2.36. The summed E-state index contributed by atoms with van der Waals surface area (Å²) in [6.45, 7) is 5.59. The first-order valence-corrected chi connectivity index (χ1v) is 10.1. The normalized spacial score (nSPS) is 21.4. The van der Waals surface area contributed by atoms with E-state index in [1.54, 1.807) is 45.0 Å². The predicted molar refractivity (Wildman–Crippen MR) is 93.2 cm³/mol. The maximum absolute atomic E-state index is 13.2. The molecule has 1 aromatic carbocycles. The zero-order chi connectivity index (χ0) is 18.3. The Bertz CT molecular complexity index is 588. The Labute approximate surface area is 148 Å². The van der Waals surface area contributed by atoms with Crippen molar-refractivity contribution in [2.24, 2.45) is 0 Å². The zero-order valence-corrected chi connectivity index (χ0v) is 15.7. The average Bonchev–Trinajstić information content (AvgIpc) is 2.55. The van der Waals surface area contributed by atoms with Gasteiger partial charge in [0, 0.05) is 6.61 Å². The number of ether oxygens (including phenoxy) is 2. The summed E-state index contributed by atoms with van der Waals surface area (Å²) >= 11 is 0. The Kier molecular flexibility index (Phi) is 7.44. The van der Waals surface area contributed by atoms with E-state index in [-0.39, 0.29) is 6.10 Å². The molecule has 1 aliphatic rings. The second kappa shape index (κ2) is 9.34. The van der Waals surface area contributed by atoms with Crippen molar-refractivity contribution in [3.05, 3.63) is 30.3 Å². The molecule has 1 N–H and O–H groups in total. The van der Waals surface area contributed by atoms with Gasteiger partial charge in [-0.05, 0) is 52.2 Å². The number of carbonyl (C=O) groups excluding carboxylic acids is 1. The summed E-state index contributed by atoms with van der Waals surface area (Å²) in [4.78, 5) is 12.0. The first-order valence-electron chi connectivity index (χ1n) is 8.51. The molecule has 2 unspecified atom stereocenters. The molecule has 25 heavy (non-hydrogen) atoms. The third-order valence-corrected chi connectivity index (χ3v) is 5.09. The molecule has 0 aromatic heterocycles. The number of para-hydroxylation sites is 1. The molecule has 1 aliphatic heterocycles. The zero-order valence-electron chi connectivity index (χ0n) is 14.8. The van der Waals surface area contributed by atoms with Gasteiger partial charge in [-0.3, -0.25) is 9.32 Å². The Morgan fingerprint density at radius 1 is 1.24 bits per heavy atom. The number of hydrogen-bond acceptors (Lipinski definition) is 6. The van der Waals surface area contributed by atoms with E-state index in [0.717, 1.165) is 12.8 Å². The van der Waals surface area contributed by atoms with E-state index in [1.165, 1.54) is 0 Å². The molecular weight excluding hydrogens is 345 g/mol. The maximum atomic E-state index is 13.2. The van der Waals surface area contributed by atoms with Gasteiger partial charge in [0.05, 0.1) is 6.10 Å². The van der Waals surface area contributed by atoms with Gasteiger partial charge in [0.2, 0.25) is 0 Å². The van der Waals surface area contributed by atoms with Gasteiger partial charge in [0.25, 0.3) is 0 Å². The molecule has 0 spiro atoms. The minimum atomic E-state index is -3.84. The lowest BCUT2D eigenvalue weighted by Gasteiger charge is -2.29. The molecule has 0 saturated carbocycles. The van der Waals surface area contributed by atoms with Gasteiger partial charge < -0.3 is 14.0 Å². The summed E-state index contributed by atoms with van der Waals surface area (Å²) < 4.78 is 35.0.